The number of H-pyrrole nitrogens is 1. The molecular formula is C38H38F2N4O5S. The van der Waals surface area contributed by atoms with Gasteiger partial charge in [-0.2, -0.15) is 5.10 Å². The number of carboxylic acid groups (broad SMARTS) is 1. The van der Waals surface area contributed by atoms with Crippen LogP contribution in [0.25, 0.3) is 27.0 Å². The number of aromatic amines is 1. The van der Waals surface area contributed by atoms with Gasteiger partial charge in [0.05, 0.1) is 30.0 Å². The molecule has 1 aliphatic heterocycles. The quantitative estimate of drug-likeness (QED) is 0.181. The van der Waals surface area contributed by atoms with Gasteiger partial charge in [-0.05, 0) is 66.5 Å². The Bertz CT molecular complexity index is 2240. The lowest BCUT2D eigenvalue weighted by molar-refractivity contribution is -0.141. The van der Waals surface area contributed by atoms with Crippen LogP contribution in [0.3, 0.4) is 0 Å². The minimum absolute atomic E-state index is 0.000894. The third-order valence-corrected chi connectivity index (χ3v) is 11.4. The first-order chi connectivity index (χ1) is 23.7. The highest BCUT2D eigenvalue weighted by atomic mass is 32.2. The number of hydrogen-bond acceptors (Lipinski definition) is 5. The summed E-state index contributed by atoms with van der Waals surface area (Å²) in [7, 11) is -3.61. The second-order valence-corrected chi connectivity index (χ2v) is 16.1. The Kier molecular flexibility index (Phi) is 9.55. The van der Waals surface area contributed by atoms with Crippen LogP contribution in [0.15, 0.2) is 67.0 Å². The number of ether oxygens (including phenoxy) is 1. The number of carboxylic acids is 1. The van der Waals surface area contributed by atoms with E-state index in [1.165, 1.54) is 24.3 Å². The Labute approximate surface area is 289 Å². The largest absolute Gasteiger partial charge is 0.481 e. The number of aromatic nitrogens is 3. The number of nitrogens with zero attached hydrogens (tertiary/aromatic N) is 3. The summed E-state index contributed by atoms with van der Waals surface area (Å²) in [5, 5.41) is 14.9. The first-order valence-corrected chi connectivity index (χ1v) is 18.3. The first-order valence-electron chi connectivity index (χ1n) is 16.5. The molecule has 0 spiro atoms. The van der Waals surface area contributed by atoms with Crippen LogP contribution in [0, 0.1) is 29.5 Å². The average Bonchev–Trinajstić information content (AvgIpc) is 3.70. The number of rotatable bonds is 4. The van der Waals surface area contributed by atoms with Crippen molar-refractivity contribution in [1.82, 2.24) is 14.8 Å². The number of hydrogen-bond donors (Lipinski definition) is 2. The SMILES string of the molecule is [C-]#[N+]c1cn2nc1-c1cc(ccc1F)Oc1c(F)cc3[nH]ccc3c1CCS(=O)(=O)CC(C)(C)CCCC2c1cccc(C[C@H](C)C(=O)O)c1. The van der Waals surface area contributed by atoms with Crippen molar-refractivity contribution < 1.29 is 31.8 Å². The van der Waals surface area contributed by atoms with E-state index in [2.05, 4.69) is 9.83 Å². The fraction of sp³-hybridized carbons (Fsp3) is 0.342. The van der Waals surface area contributed by atoms with Gasteiger partial charge in [-0.25, -0.2) is 22.0 Å². The summed E-state index contributed by atoms with van der Waals surface area (Å²) in [6.07, 6.45) is 5.19. The Balaban J connectivity index is 1.49. The van der Waals surface area contributed by atoms with Gasteiger partial charge in [0.15, 0.2) is 21.4 Å². The number of aryl methyl sites for hydroxylation is 1. The molecule has 2 aromatic heterocycles. The summed E-state index contributed by atoms with van der Waals surface area (Å²) in [5.74, 6) is -3.24. The molecule has 0 saturated heterocycles. The molecule has 9 nitrogen and oxygen atoms in total. The summed E-state index contributed by atoms with van der Waals surface area (Å²) in [6, 6.07) is 14.0. The van der Waals surface area contributed by atoms with E-state index in [1.54, 1.807) is 30.1 Å². The van der Waals surface area contributed by atoms with Crippen molar-refractivity contribution in [3.63, 3.8) is 0 Å². The maximum absolute atomic E-state index is 15.7. The molecule has 1 unspecified atom stereocenters. The van der Waals surface area contributed by atoms with Gasteiger partial charge in [0.25, 0.3) is 0 Å². The Morgan fingerprint density at radius 2 is 1.98 bits per heavy atom. The monoisotopic (exact) mass is 700 g/mol. The normalized spacial score (nSPS) is 18.2. The highest BCUT2D eigenvalue weighted by Crippen LogP contribution is 2.40. The van der Waals surface area contributed by atoms with E-state index in [4.69, 9.17) is 16.4 Å². The van der Waals surface area contributed by atoms with Gasteiger partial charge >= 0.3 is 5.97 Å². The third kappa shape index (κ3) is 7.43. The zero-order valence-corrected chi connectivity index (χ0v) is 28.9. The van der Waals surface area contributed by atoms with Crippen LogP contribution in [0.5, 0.6) is 11.5 Å². The number of benzene rings is 3. The van der Waals surface area contributed by atoms with Crippen LogP contribution in [0.1, 0.15) is 62.8 Å². The maximum atomic E-state index is 15.7. The summed E-state index contributed by atoms with van der Waals surface area (Å²) in [4.78, 5) is 18.2. The summed E-state index contributed by atoms with van der Waals surface area (Å²) < 4.78 is 66.1. The lowest BCUT2D eigenvalue weighted by atomic mass is 9.87. The van der Waals surface area contributed by atoms with Crippen molar-refractivity contribution >= 4 is 32.4 Å². The zero-order chi connectivity index (χ0) is 35.8. The van der Waals surface area contributed by atoms with E-state index in [-0.39, 0.29) is 46.4 Å². The van der Waals surface area contributed by atoms with Gasteiger partial charge in [0, 0.05) is 40.5 Å². The van der Waals surface area contributed by atoms with Crippen molar-refractivity contribution in [3.8, 4) is 22.8 Å². The minimum atomic E-state index is -3.61. The van der Waals surface area contributed by atoms with Gasteiger partial charge in [0.1, 0.15) is 17.3 Å². The smallest absolute Gasteiger partial charge is 0.306 e. The summed E-state index contributed by atoms with van der Waals surface area (Å²) in [6.45, 7) is 13.4. The van der Waals surface area contributed by atoms with Crippen molar-refractivity contribution in [3.05, 3.63) is 107 Å². The van der Waals surface area contributed by atoms with Crippen molar-refractivity contribution in [2.24, 2.45) is 11.3 Å². The molecule has 5 aromatic rings. The maximum Gasteiger partial charge on any atom is 0.306 e. The van der Waals surface area contributed by atoms with E-state index in [0.717, 1.165) is 11.1 Å². The number of sulfone groups is 1. The molecule has 2 N–H and O–H groups in total. The van der Waals surface area contributed by atoms with E-state index in [9.17, 15) is 18.3 Å². The van der Waals surface area contributed by atoms with Crippen LogP contribution < -0.4 is 4.74 Å². The number of halogens is 2. The van der Waals surface area contributed by atoms with E-state index in [0.29, 0.717) is 42.1 Å². The molecule has 0 fully saturated rings. The molecule has 3 aromatic carbocycles. The standard InChI is InChI=1S/C38H38F2N4O5S/c1-23(37(45)46)17-24-7-5-8-25(18-24)34-9-6-14-38(2,3)22-50(47,48)16-13-28-27-12-15-42-32(27)20-31(40)36(28)49-26-10-11-30(39)29(19-26)35-33(41-4)21-44(34)43-35/h5,7-8,10-12,15,18-21,23,34,42H,6,9,13-14,16-17,22H2,1-3H3,(H,45,46)/t23-,34?/m0/s1. The third-order valence-electron chi connectivity index (χ3n) is 9.34. The van der Waals surface area contributed by atoms with Gasteiger partial charge in [-0.1, -0.05) is 51.5 Å². The second kappa shape index (κ2) is 13.7. The van der Waals surface area contributed by atoms with Crippen LogP contribution >= 0.6 is 0 Å². The van der Waals surface area contributed by atoms with Gasteiger partial charge in [0.2, 0.25) is 5.69 Å². The van der Waals surface area contributed by atoms with E-state index < -0.39 is 44.8 Å². The van der Waals surface area contributed by atoms with E-state index in [1.807, 2.05) is 38.1 Å². The Hall–Kier alpha value is -5.02. The predicted octanol–water partition coefficient (Wildman–Crippen LogP) is 8.67. The van der Waals surface area contributed by atoms with Crippen molar-refractivity contribution in [2.75, 3.05) is 11.5 Å². The van der Waals surface area contributed by atoms with Crippen LogP contribution in [0.4, 0.5) is 14.5 Å². The fourth-order valence-corrected chi connectivity index (χ4v) is 8.85. The zero-order valence-electron chi connectivity index (χ0n) is 28.0. The summed E-state index contributed by atoms with van der Waals surface area (Å²) >= 11 is 0. The molecular weight excluding hydrogens is 663 g/mol. The highest BCUT2D eigenvalue weighted by Gasteiger charge is 2.29. The van der Waals surface area contributed by atoms with Gasteiger partial charge in [-0.15, -0.1) is 0 Å². The molecule has 0 aliphatic carbocycles. The van der Waals surface area contributed by atoms with Crippen LogP contribution in [0.2, 0.25) is 0 Å². The molecule has 3 heterocycles. The Morgan fingerprint density at radius 3 is 2.74 bits per heavy atom. The number of nitrogens with one attached hydrogen (secondary N) is 1. The molecule has 0 saturated carbocycles. The molecule has 260 valence electrons. The fourth-order valence-electron chi connectivity index (χ4n) is 6.86. The molecule has 2 atom stereocenters. The Morgan fingerprint density at radius 1 is 1.18 bits per heavy atom. The van der Waals surface area contributed by atoms with Crippen LogP contribution in [-0.4, -0.2) is 45.8 Å². The molecule has 4 bridgehead atoms. The first kappa shape index (κ1) is 34.8. The van der Waals surface area contributed by atoms with Crippen molar-refractivity contribution in [2.45, 2.75) is 58.9 Å². The van der Waals surface area contributed by atoms with Gasteiger partial charge < -0.3 is 14.8 Å². The second-order valence-electron chi connectivity index (χ2n) is 13.9. The van der Waals surface area contributed by atoms with E-state index >= 15 is 8.78 Å². The van der Waals surface area contributed by atoms with Crippen LogP contribution in [-0.2, 0) is 27.5 Å². The van der Waals surface area contributed by atoms with Gasteiger partial charge in [-0.3, -0.25) is 9.48 Å². The molecule has 12 heteroatoms. The predicted molar refractivity (Wildman–Crippen MR) is 187 cm³/mol. The lowest BCUT2D eigenvalue weighted by Crippen LogP contribution is -2.27. The molecule has 50 heavy (non-hydrogen) atoms. The lowest BCUT2D eigenvalue weighted by Gasteiger charge is -2.26. The molecule has 1 aliphatic rings. The topological polar surface area (TPSA) is 119 Å². The molecule has 6 rings (SSSR count). The highest BCUT2D eigenvalue weighted by molar-refractivity contribution is 7.91. The number of carbonyl (C=O) groups is 1. The molecule has 0 radical (unpaired) electrons. The average molecular weight is 701 g/mol. The summed E-state index contributed by atoms with van der Waals surface area (Å²) in [5.41, 5.74) is 2.11. The molecule has 0 amide bonds. The number of fused-ring (bicyclic) bond motifs is 8. The minimum Gasteiger partial charge on any atom is -0.481 e. The van der Waals surface area contributed by atoms with Crippen molar-refractivity contribution in [1.29, 1.82) is 0 Å². The number of aliphatic carboxylic acids is 1.